The molecule has 2 N–H and O–H groups in total. The van der Waals surface area contributed by atoms with Gasteiger partial charge in [0.2, 0.25) is 0 Å². The largest absolute Gasteiger partial charge is 0.347 e. The molecule has 0 bridgehead atoms. The van der Waals surface area contributed by atoms with Gasteiger partial charge in [-0.15, -0.1) is 0 Å². The number of benzene rings is 2. The zero-order valence-corrected chi connectivity index (χ0v) is 11.5. The van der Waals surface area contributed by atoms with Gasteiger partial charge < -0.3 is 5.32 Å². The van der Waals surface area contributed by atoms with Crippen LogP contribution in [0.25, 0.3) is 10.9 Å². The number of aromatic amines is 1. The maximum absolute atomic E-state index is 12.8. The van der Waals surface area contributed by atoms with Crippen molar-refractivity contribution in [3.05, 3.63) is 65.1 Å². The van der Waals surface area contributed by atoms with Crippen LogP contribution in [-0.4, -0.2) is 16.1 Å². The van der Waals surface area contributed by atoms with E-state index in [-0.39, 0.29) is 11.7 Å². The van der Waals surface area contributed by atoms with Crippen molar-refractivity contribution in [1.29, 1.82) is 0 Å². The highest BCUT2D eigenvalue weighted by molar-refractivity contribution is 6.04. The van der Waals surface area contributed by atoms with Crippen molar-refractivity contribution in [3.63, 3.8) is 0 Å². The Morgan fingerprint density at radius 2 is 2.00 bits per heavy atom. The van der Waals surface area contributed by atoms with Gasteiger partial charge >= 0.3 is 0 Å². The monoisotopic (exact) mass is 283 g/mol. The Morgan fingerprint density at radius 1 is 1.24 bits per heavy atom. The third-order valence-electron chi connectivity index (χ3n) is 3.30. The highest BCUT2D eigenvalue weighted by atomic mass is 19.1. The number of hydrogen-bond donors (Lipinski definition) is 2. The number of fused-ring (bicyclic) bond motifs is 1. The summed E-state index contributed by atoms with van der Waals surface area (Å²) in [6.07, 6.45) is 0. The predicted octanol–water partition coefficient (Wildman–Crippen LogP) is 2.94. The van der Waals surface area contributed by atoms with E-state index in [2.05, 4.69) is 15.5 Å². The zero-order valence-electron chi connectivity index (χ0n) is 11.5. The summed E-state index contributed by atoms with van der Waals surface area (Å²) in [7, 11) is 0. The number of halogens is 1. The number of rotatable bonds is 3. The first kappa shape index (κ1) is 13.3. The molecular formula is C16H14FN3O. The average Bonchev–Trinajstić information content (AvgIpc) is 2.89. The highest BCUT2D eigenvalue weighted by Crippen LogP contribution is 2.17. The van der Waals surface area contributed by atoms with Crippen LogP contribution in [0.5, 0.6) is 0 Å². The molecule has 1 amide bonds. The molecule has 0 aliphatic carbocycles. The van der Waals surface area contributed by atoms with E-state index in [9.17, 15) is 9.18 Å². The van der Waals surface area contributed by atoms with Crippen LogP contribution < -0.4 is 5.32 Å². The van der Waals surface area contributed by atoms with E-state index < -0.39 is 0 Å². The number of amides is 1. The molecule has 3 aromatic rings. The van der Waals surface area contributed by atoms with E-state index in [4.69, 9.17) is 0 Å². The molecule has 1 aromatic heterocycles. The first-order chi connectivity index (χ1) is 10.1. The van der Waals surface area contributed by atoms with Crippen LogP contribution >= 0.6 is 0 Å². The van der Waals surface area contributed by atoms with Crippen molar-refractivity contribution < 1.29 is 9.18 Å². The molecule has 0 spiro atoms. The summed E-state index contributed by atoms with van der Waals surface area (Å²) in [5.74, 6) is -0.546. The van der Waals surface area contributed by atoms with E-state index in [0.29, 0.717) is 12.2 Å². The number of nitrogens with one attached hydrogen (secondary N) is 2. The number of aromatic nitrogens is 2. The Balaban J connectivity index is 1.78. The molecule has 0 fully saturated rings. The molecular weight excluding hydrogens is 269 g/mol. The SMILES string of the molecule is Cc1ccc2[nH]nc(C(=O)NCc3ccc(F)cc3)c2c1. The van der Waals surface area contributed by atoms with Gasteiger partial charge in [-0.05, 0) is 36.8 Å². The Morgan fingerprint density at radius 3 is 2.76 bits per heavy atom. The van der Waals surface area contributed by atoms with Crippen LogP contribution in [-0.2, 0) is 6.54 Å². The van der Waals surface area contributed by atoms with Gasteiger partial charge in [-0.2, -0.15) is 5.10 Å². The van der Waals surface area contributed by atoms with Crippen LogP contribution in [0.2, 0.25) is 0 Å². The fourth-order valence-corrected chi connectivity index (χ4v) is 2.17. The third-order valence-corrected chi connectivity index (χ3v) is 3.30. The normalized spacial score (nSPS) is 10.8. The van der Waals surface area contributed by atoms with Crippen molar-refractivity contribution in [2.75, 3.05) is 0 Å². The zero-order chi connectivity index (χ0) is 14.8. The van der Waals surface area contributed by atoms with Gasteiger partial charge in [-0.1, -0.05) is 23.8 Å². The van der Waals surface area contributed by atoms with Crippen molar-refractivity contribution >= 4 is 16.8 Å². The maximum Gasteiger partial charge on any atom is 0.272 e. The molecule has 0 saturated carbocycles. The Kier molecular flexibility index (Phi) is 3.39. The van der Waals surface area contributed by atoms with Gasteiger partial charge in [-0.3, -0.25) is 9.89 Å². The van der Waals surface area contributed by atoms with Gasteiger partial charge in [0, 0.05) is 11.9 Å². The molecule has 0 unspecified atom stereocenters. The summed E-state index contributed by atoms with van der Waals surface area (Å²) in [6, 6.07) is 11.8. The van der Waals surface area contributed by atoms with Gasteiger partial charge in [0.15, 0.2) is 5.69 Å². The molecule has 0 aliphatic heterocycles. The molecule has 3 rings (SSSR count). The molecule has 21 heavy (non-hydrogen) atoms. The number of aryl methyl sites for hydroxylation is 1. The molecule has 0 radical (unpaired) electrons. The molecule has 0 atom stereocenters. The lowest BCUT2D eigenvalue weighted by molar-refractivity contribution is 0.0947. The first-order valence-corrected chi connectivity index (χ1v) is 6.61. The summed E-state index contributed by atoms with van der Waals surface area (Å²) < 4.78 is 12.8. The lowest BCUT2D eigenvalue weighted by Gasteiger charge is -2.04. The standard InChI is InChI=1S/C16H14FN3O/c1-10-2-7-14-13(8-10)15(20-19-14)16(21)18-9-11-3-5-12(17)6-4-11/h2-8H,9H2,1H3,(H,18,21)(H,19,20). The second kappa shape index (κ2) is 5.36. The number of H-pyrrole nitrogens is 1. The summed E-state index contributed by atoms with van der Waals surface area (Å²) in [5, 5.41) is 10.5. The Labute approximate surface area is 121 Å². The fourth-order valence-electron chi connectivity index (χ4n) is 2.17. The average molecular weight is 283 g/mol. The van der Waals surface area contributed by atoms with Gasteiger partial charge in [-0.25, -0.2) is 4.39 Å². The van der Waals surface area contributed by atoms with E-state index >= 15 is 0 Å². The third kappa shape index (κ3) is 2.76. The molecule has 1 heterocycles. The fraction of sp³-hybridized carbons (Fsp3) is 0.125. The van der Waals surface area contributed by atoms with E-state index in [0.717, 1.165) is 22.0 Å². The second-order valence-electron chi connectivity index (χ2n) is 4.93. The number of nitrogens with zero attached hydrogens (tertiary/aromatic N) is 1. The number of hydrogen-bond acceptors (Lipinski definition) is 2. The van der Waals surface area contributed by atoms with Crippen molar-refractivity contribution in [2.45, 2.75) is 13.5 Å². The van der Waals surface area contributed by atoms with Crippen LogP contribution in [0, 0.1) is 12.7 Å². The minimum absolute atomic E-state index is 0.254. The summed E-state index contributed by atoms with van der Waals surface area (Å²) >= 11 is 0. The molecule has 0 saturated heterocycles. The topological polar surface area (TPSA) is 57.8 Å². The molecule has 2 aromatic carbocycles. The minimum atomic E-state index is -0.293. The summed E-state index contributed by atoms with van der Waals surface area (Å²) in [5.41, 5.74) is 3.10. The van der Waals surface area contributed by atoms with E-state index in [1.54, 1.807) is 12.1 Å². The second-order valence-corrected chi connectivity index (χ2v) is 4.93. The lowest BCUT2D eigenvalue weighted by atomic mass is 10.1. The Bertz CT molecular complexity index is 793. The molecule has 106 valence electrons. The smallest absolute Gasteiger partial charge is 0.272 e. The molecule has 5 heteroatoms. The summed E-state index contributed by atoms with van der Waals surface area (Å²) in [6.45, 7) is 2.30. The van der Waals surface area contributed by atoms with Crippen LogP contribution in [0.15, 0.2) is 42.5 Å². The number of carbonyl (C=O) groups excluding carboxylic acids is 1. The van der Waals surface area contributed by atoms with Crippen molar-refractivity contribution in [1.82, 2.24) is 15.5 Å². The van der Waals surface area contributed by atoms with Crippen LogP contribution in [0.1, 0.15) is 21.6 Å². The van der Waals surface area contributed by atoms with Gasteiger partial charge in [0.05, 0.1) is 5.52 Å². The molecule has 4 nitrogen and oxygen atoms in total. The van der Waals surface area contributed by atoms with Crippen LogP contribution in [0.3, 0.4) is 0 Å². The molecule has 0 aliphatic rings. The van der Waals surface area contributed by atoms with Crippen molar-refractivity contribution in [3.8, 4) is 0 Å². The Hall–Kier alpha value is -2.69. The lowest BCUT2D eigenvalue weighted by Crippen LogP contribution is -2.23. The predicted molar refractivity (Wildman–Crippen MR) is 78.4 cm³/mol. The van der Waals surface area contributed by atoms with Crippen molar-refractivity contribution in [2.24, 2.45) is 0 Å². The van der Waals surface area contributed by atoms with Gasteiger partial charge in [0.25, 0.3) is 5.91 Å². The van der Waals surface area contributed by atoms with Crippen LogP contribution in [0.4, 0.5) is 4.39 Å². The number of carbonyl (C=O) groups is 1. The quantitative estimate of drug-likeness (QED) is 0.776. The maximum atomic E-state index is 12.8. The van der Waals surface area contributed by atoms with E-state index in [1.165, 1.54) is 12.1 Å². The first-order valence-electron chi connectivity index (χ1n) is 6.61. The summed E-state index contributed by atoms with van der Waals surface area (Å²) in [4.78, 5) is 12.2. The van der Waals surface area contributed by atoms with E-state index in [1.807, 2.05) is 25.1 Å². The highest BCUT2D eigenvalue weighted by Gasteiger charge is 2.13. The minimum Gasteiger partial charge on any atom is -0.347 e. The van der Waals surface area contributed by atoms with Gasteiger partial charge in [0.1, 0.15) is 5.82 Å².